The van der Waals surface area contributed by atoms with Crippen LogP contribution in [-0.4, -0.2) is 29.1 Å². The van der Waals surface area contributed by atoms with Crippen molar-refractivity contribution >= 4 is 17.3 Å². The minimum atomic E-state index is 0.421. The van der Waals surface area contributed by atoms with Crippen LogP contribution in [-0.2, 0) is 0 Å². The lowest BCUT2D eigenvalue weighted by Gasteiger charge is -2.27. The van der Waals surface area contributed by atoms with Gasteiger partial charge in [-0.05, 0) is 42.8 Å². The van der Waals surface area contributed by atoms with Crippen LogP contribution in [0.1, 0.15) is 40.0 Å². The minimum absolute atomic E-state index is 0.421. The van der Waals surface area contributed by atoms with Gasteiger partial charge < -0.3 is 10.2 Å². The van der Waals surface area contributed by atoms with Gasteiger partial charge in [0, 0.05) is 19.1 Å². The summed E-state index contributed by atoms with van der Waals surface area (Å²) in [5.74, 6) is 0.788. The number of nitrogens with one attached hydrogen (secondary N) is 1. The molecule has 1 saturated heterocycles. The first-order valence-electron chi connectivity index (χ1n) is 6.02. The lowest BCUT2D eigenvalue weighted by molar-refractivity contribution is 0.250. The third-order valence-electron chi connectivity index (χ3n) is 3.61. The predicted molar refractivity (Wildman–Crippen MR) is 67.9 cm³/mol. The fourth-order valence-corrected chi connectivity index (χ4v) is 2.48. The summed E-state index contributed by atoms with van der Waals surface area (Å²) in [7, 11) is 0. The molecule has 0 radical (unpaired) electrons. The van der Waals surface area contributed by atoms with E-state index in [0.29, 0.717) is 11.5 Å². The van der Waals surface area contributed by atoms with Crippen molar-refractivity contribution in [3.8, 4) is 0 Å². The molecule has 0 aromatic heterocycles. The Kier molecular flexibility index (Phi) is 2.93. The van der Waals surface area contributed by atoms with E-state index in [1.54, 1.807) is 0 Å². The molecule has 2 aliphatic rings. The molecule has 1 saturated carbocycles. The summed E-state index contributed by atoms with van der Waals surface area (Å²) in [5.41, 5.74) is 0.421. The zero-order valence-electron chi connectivity index (χ0n) is 10.0. The number of likely N-dealkylation sites (tertiary alicyclic amines) is 1. The Hall–Kier alpha value is -0.310. The summed E-state index contributed by atoms with van der Waals surface area (Å²) in [6.45, 7) is 9.28. The molecule has 2 fully saturated rings. The van der Waals surface area contributed by atoms with Crippen LogP contribution in [0.15, 0.2) is 0 Å². The van der Waals surface area contributed by atoms with Crippen molar-refractivity contribution in [2.75, 3.05) is 13.1 Å². The number of hydrogen-bond acceptors (Lipinski definition) is 1. The summed E-state index contributed by atoms with van der Waals surface area (Å²) >= 11 is 5.42. The molecule has 0 aromatic carbocycles. The van der Waals surface area contributed by atoms with Gasteiger partial charge in [0.1, 0.15) is 0 Å². The number of nitrogens with zero attached hydrogens (tertiary/aromatic N) is 1. The van der Waals surface area contributed by atoms with E-state index in [1.807, 2.05) is 0 Å². The van der Waals surface area contributed by atoms with Crippen LogP contribution >= 0.6 is 12.2 Å². The number of thiocarbonyl (C=S) groups is 1. The molecule has 1 aliphatic carbocycles. The Morgan fingerprint density at radius 1 is 1.27 bits per heavy atom. The van der Waals surface area contributed by atoms with Crippen molar-refractivity contribution in [2.45, 2.75) is 46.1 Å². The van der Waals surface area contributed by atoms with Crippen molar-refractivity contribution < 1.29 is 0 Å². The average Bonchev–Trinajstić information content (AvgIpc) is 2.80. The van der Waals surface area contributed by atoms with E-state index in [1.165, 1.54) is 19.3 Å². The van der Waals surface area contributed by atoms with Crippen LogP contribution in [0.4, 0.5) is 0 Å². The maximum atomic E-state index is 5.42. The molecule has 86 valence electrons. The van der Waals surface area contributed by atoms with E-state index in [2.05, 4.69) is 31.0 Å². The van der Waals surface area contributed by atoms with Crippen LogP contribution in [0.2, 0.25) is 0 Å². The third-order valence-corrected chi connectivity index (χ3v) is 3.98. The molecule has 1 aliphatic heterocycles. The molecule has 2 rings (SSSR count). The lowest BCUT2D eigenvalue weighted by Crippen LogP contribution is -2.40. The van der Waals surface area contributed by atoms with E-state index in [9.17, 15) is 0 Å². The zero-order valence-corrected chi connectivity index (χ0v) is 10.9. The van der Waals surface area contributed by atoms with E-state index < -0.39 is 0 Å². The SMILES string of the molecule is CC(C)(C)C1CCN(C(=S)NC2CC2)C1. The van der Waals surface area contributed by atoms with Gasteiger partial charge >= 0.3 is 0 Å². The Morgan fingerprint density at radius 3 is 2.40 bits per heavy atom. The van der Waals surface area contributed by atoms with Crippen LogP contribution < -0.4 is 5.32 Å². The van der Waals surface area contributed by atoms with Gasteiger partial charge in [0.15, 0.2) is 5.11 Å². The molecule has 0 aromatic rings. The maximum Gasteiger partial charge on any atom is 0.169 e. The summed E-state index contributed by atoms with van der Waals surface area (Å²) < 4.78 is 0. The molecule has 15 heavy (non-hydrogen) atoms. The van der Waals surface area contributed by atoms with Crippen molar-refractivity contribution in [3.05, 3.63) is 0 Å². The van der Waals surface area contributed by atoms with Crippen LogP contribution in [0.25, 0.3) is 0 Å². The predicted octanol–water partition coefficient (Wildman–Crippen LogP) is 2.39. The molecule has 0 amide bonds. The number of rotatable bonds is 1. The summed E-state index contributed by atoms with van der Waals surface area (Å²) in [5, 5.41) is 4.42. The average molecular weight is 226 g/mol. The van der Waals surface area contributed by atoms with Crippen molar-refractivity contribution in [2.24, 2.45) is 11.3 Å². The molecule has 1 heterocycles. The van der Waals surface area contributed by atoms with Gasteiger partial charge in [-0.3, -0.25) is 0 Å². The maximum absolute atomic E-state index is 5.42. The Labute approximate surface area is 98.4 Å². The summed E-state index contributed by atoms with van der Waals surface area (Å²) in [6, 6.07) is 0.686. The second kappa shape index (κ2) is 3.93. The standard InChI is InChI=1S/C12H22N2S/c1-12(2,3)9-6-7-14(8-9)11(15)13-10-4-5-10/h9-10H,4-8H2,1-3H3,(H,13,15). The first kappa shape index (κ1) is 11.2. The second-order valence-electron chi connectivity index (χ2n) is 6.02. The molecule has 0 bridgehead atoms. The third kappa shape index (κ3) is 2.83. The molecule has 1 atom stereocenters. The molecule has 3 heteroatoms. The highest BCUT2D eigenvalue weighted by atomic mass is 32.1. The summed E-state index contributed by atoms with van der Waals surface area (Å²) in [4.78, 5) is 2.35. The van der Waals surface area contributed by atoms with E-state index in [4.69, 9.17) is 12.2 Å². The van der Waals surface area contributed by atoms with Crippen molar-refractivity contribution in [3.63, 3.8) is 0 Å². The van der Waals surface area contributed by atoms with E-state index in [0.717, 1.165) is 24.1 Å². The molecular weight excluding hydrogens is 204 g/mol. The second-order valence-corrected chi connectivity index (χ2v) is 6.41. The lowest BCUT2D eigenvalue weighted by atomic mass is 9.80. The zero-order chi connectivity index (χ0) is 11.1. The highest BCUT2D eigenvalue weighted by Gasteiger charge is 2.33. The number of hydrogen-bond donors (Lipinski definition) is 1. The van der Waals surface area contributed by atoms with Crippen molar-refractivity contribution in [1.29, 1.82) is 0 Å². The molecule has 0 spiro atoms. The Balaban J connectivity index is 1.83. The Morgan fingerprint density at radius 2 is 1.93 bits per heavy atom. The monoisotopic (exact) mass is 226 g/mol. The van der Waals surface area contributed by atoms with Crippen molar-refractivity contribution in [1.82, 2.24) is 10.2 Å². The quantitative estimate of drug-likeness (QED) is 0.691. The van der Waals surface area contributed by atoms with Gasteiger partial charge in [0.2, 0.25) is 0 Å². The van der Waals surface area contributed by atoms with E-state index in [-0.39, 0.29) is 0 Å². The van der Waals surface area contributed by atoms with E-state index >= 15 is 0 Å². The Bertz CT molecular complexity index is 253. The molecule has 2 nitrogen and oxygen atoms in total. The minimum Gasteiger partial charge on any atom is -0.360 e. The highest BCUT2D eigenvalue weighted by molar-refractivity contribution is 7.80. The largest absolute Gasteiger partial charge is 0.360 e. The first-order chi connectivity index (χ1) is 6.97. The topological polar surface area (TPSA) is 15.3 Å². The molecule has 1 N–H and O–H groups in total. The van der Waals surface area contributed by atoms with Crippen LogP contribution in [0.3, 0.4) is 0 Å². The van der Waals surface area contributed by atoms with Gasteiger partial charge in [0.05, 0.1) is 0 Å². The normalized spacial score (nSPS) is 26.9. The fraction of sp³-hybridized carbons (Fsp3) is 0.917. The first-order valence-corrected chi connectivity index (χ1v) is 6.43. The van der Waals surface area contributed by atoms with Gasteiger partial charge in [-0.25, -0.2) is 0 Å². The van der Waals surface area contributed by atoms with Gasteiger partial charge in [0.25, 0.3) is 0 Å². The highest BCUT2D eigenvalue weighted by Crippen LogP contribution is 2.33. The van der Waals surface area contributed by atoms with Crippen LogP contribution in [0.5, 0.6) is 0 Å². The summed E-state index contributed by atoms with van der Waals surface area (Å²) in [6.07, 6.45) is 3.89. The van der Waals surface area contributed by atoms with Gasteiger partial charge in [-0.15, -0.1) is 0 Å². The molecular formula is C12H22N2S. The van der Waals surface area contributed by atoms with Gasteiger partial charge in [-0.1, -0.05) is 20.8 Å². The fourth-order valence-electron chi connectivity index (χ4n) is 2.15. The molecule has 1 unspecified atom stereocenters. The smallest absolute Gasteiger partial charge is 0.169 e. The van der Waals surface area contributed by atoms with Gasteiger partial charge in [-0.2, -0.15) is 0 Å². The van der Waals surface area contributed by atoms with Crippen LogP contribution in [0, 0.1) is 11.3 Å².